The summed E-state index contributed by atoms with van der Waals surface area (Å²) < 4.78 is 5.47. The summed E-state index contributed by atoms with van der Waals surface area (Å²) in [5.41, 5.74) is 1.83. The Hall–Kier alpha value is -1.34. The Balaban J connectivity index is 0.00000169. The number of nitrogens with one attached hydrogen (secondary N) is 1. The van der Waals surface area contributed by atoms with Crippen molar-refractivity contribution < 1.29 is 9.53 Å². The zero-order chi connectivity index (χ0) is 16.9. The standard InChI is InChI=1S/C18H23N3O2S.2ClH/c1-3-23-15-7-5-14(6-8-15)17-20-13(2)16(24-17)18(22)21-11-4-9-19-10-12-21;;/h5-8,19H,3-4,9-12H2,1-2H3;2*1H. The van der Waals surface area contributed by atoms with Crippen molar-refractivity contribution in [3.63, 3.8) is 0 Å². The van der Waals surface area contributed by atoms with E-state index in [9.17, 15) is 4.79 Å². The van der Waals surface area contributed by atoms with Gasteiger partial charge in [0, 0.05) is 25.2 Å². The van der Waals surface area contributed by atoms with Gasteiger partial charge >= 0.3 is 0 Å². The number of aryl methyl sites for hydroxylation is 1. The summed E-state index contributed by atoms with van der Waals surface area (Å²) in [6, 6.07) is 7.87. The zero-order valence-electron chi connectivity index (χ0n) is 15.0. The maximum atomic E-state index is 12.8. The van der Waals surface area contributed by atoms with E-state index in [1.165, 1.54) is 11.3 Å². The molecular weight excluding hydrogens is 393 g/mol. The van der Waals surface area contributed by atoms with Crippen LogP contribution in [0.15, 0.2) is 24.3 Å². The van der Waals surface area contributed by atoms with Crippen LogP contribution in [-0.4, -0.2) is 48.6 Å². The SMILES string of the molecule is CCOc1ccc(-c2nc(C)c(C(=O)N3CCCNCC3)s2)cc1.Cl.Cl. The molecule has 0 atom stereocenters. The molecule has 5 nitrogen and oxygen atoms in total. The summed E-state index contributed by atoms with van der Waals surface area (Å²) in [4.78, 5) is 20.1. The van der Waals surface area contributed by atoms with Gasteiger partial charge < -0.3 is 15.0 Å². The molecule has 0 radical (unpaired) electrons. The van der Waals surface area contributed by atoms with Crippen molar-refractivity contribution >= 4 is 42.1 Å². The van der Waals surface area contributed by atoms with Gasteiger partial charge in [0.2, 0.25) is 0 Å². The van der Waals surface area contributed by atoms with Crippen LogP contribution in [0.3, 0.4) is 0 Å². The number of benzene rings is 1. The Morgan fingerprint density at radius 3 is 2.65 bits per heavy atom. The average Bonchev–Trinajstić information content (AvgIpc) is 2.81. The van der Waals surface area contributed by atoms with Gasteiger partial charge in [-0.25, -0.2) is 4.98 Å². The van der Waals surface area contributed by atoms with Crippen molar-refractivity contribution in [3.05, 3.63) is 34.8 Å². The first-order valence-corrected chi connectivity index (χ1v) is 9.21. The van der Waals surface area contributed by atoms with Crippen LogP contribution in [-0.2, 0) is 0 Å². The van der Waals surface area contributed by atoms with Gasteiger partial charge in [0.05, 0.1) is 12.3 Å². The molecule has 0 spiro atoms. The first-order chi connectivity index (χ1) is 11.7. The van der Waals surface area contributed by atoms with Gasteiger partial charge in [-0.05, 0) is 51.1 Å². The van der Waals surface area contributed by atoms with E-state index in [1.807, 2.05) is 43.0 Å². The fourth-order valence-electron chi connectivity index (χ4n) is 2.77. The molecule has 2 heterocycles. The van der Waals surface area contributed by atoms with Crippen LogP contribution in [0.1, 0.15) is 28.7 Å². The highest BCUT2D eigenvalue weighted by Crippen LogP contribution is 2.30. The number of carbonyl (C=O) groups is 1. The van der Waals surface area contributed by atoms with Crippen LogP contribution < -0.4 is 10.1 Å². The smallest absolute Gasteiger partial charge is 0.265 e. The third-order valence-corrected chi connectivity index (χ3v) is 5.22. The van der Waals surface area contributed by atoms with Gasteiger partial charge in [0.15, 0.2) is 0 Å². The molecule has 144 valence electrons. The third kappa shape index (κ3) is 5.33. The van der Waals surface area contributed by atoms with Crippen LogP contribution >= 0.6 is 36.2 Å². The predicted octanol–water partition coefficient (Wildman–Crippen LogP) is 3.80. The van der Waals surface area contributed by atoms with Crippen molar-refractivity contribution in [2.45, 2.75) is 20.3 Å². The molecule has 0 aliphatic carbocycles. The van der Waals surface area contributed by atoms with Gasteiger partial charge in [0.1, 0.15) is 15.6 Å². The van der Waals surface area contributed by atoms with Crippen LogP contribution in [0.2, 0.25) is 0 Å². The molecule has 3 rings (SSSR count). The second-order valence-corrected chi connectivity index (χ2v) is 6.79. The van der Waals surface area contributed by atoms with E-state index in [0.29, 0.717) is 6.61 Å². The Morgan fingerprint density at radius 2 is 1.96 bits per heavy atom. The molecule has 0 saturated carbocycles. The van der Waals surface area contributed by atoms with Crippen LogP contribution in [0.4, 0.5) is 0 Å². The fraction of sp³-hybridized carbons (Fsp3) is 0.444. The molecule has 1 aromatic heterocycles. The number of halogens is 2. The monoisotopic (exact) mass is 417 g/mol. The van der Waals surface area contributed by atoms with E-state index in [-0.39, 0.29) is 30.7 Å². The summed E-state index contributed by atoms with van der Waals surface area (Å²) in [6.07, 6.45) is 0.995. The molecular formula is C18H25Cl2N3O2S. The molecule has 2 aromatic rings. The predicted molar refractivity (Wildman–Crippen MR) is 111 cm³/mol. The van der Waals surface area contributed by atoms with Crippen molar-refractivity contribution in [2.75, 3.05) is 32.8 Å². The van der Waals surface area contributed by atoms with Crippen molar-refractivity contribution in [3.8, 4) is 16.3 Å². The number of amides is 1. The Bertz CT molecular complexity index is 699. The minimum absolute atomic E-state index is 0. The van der Waals surface area contributed by atoms with Gasteiger partial charge in [-0.1, -0.05) is 0 Å². The van der Waals surface area contributed by atoms with Crippen LogP contribution in [0, 0.1) is 6.92 Å². The number of hydrogen-bond donors (Lipinski definition) is 1. The Morgan fingerprint density at radius 1 is 1.23 bits per heavy atom. The average molecular weight is 418 g/mol. The van der Waals surface area contributed by atoms with E-state index in [2.05, 4.69) is 10.3 Å². The molecule has 0 bridgehead atoms. The Kier molecular flexibility index (Phi) is 9.36. The third-order valence-electron chi connectivity index (χ3n) is 4.03. The quantitative estimate of drug-likeness (QED) is 0.821. The minimum atomic E-state index is 0. The summed E-state index contributed by atoms with van der Waals surface area (Å²) in [7, 11) is 0. The lowest BCUT2D eigenvalue weighted by Crippen LogP contribution is -2.34. The molecule has 1 fully saturated rings. The summed E-state index contributed by atoms with van der Waals surface area (Å²) in [5, 5.41) is 4.21. The molecule has 1 saturated heterocycles. The molecule has 0 unspecified atom stereocenters. The number of ether oxygens (including phenoxy) is 1. The second kappa shape index (κ2) is 10.7. The Labute approximate surface area is 171 Å². The maximum absolute atomic E-state index is 12.8. The summed E-state index contributed by atoms with van der Waals surface area (Å²) in [6.45, 7) is 7.93. The first kappa shape index (κ1) is 22.7. The highest BCUT2D eigenvalue weighted by atomic mass is 35.5. The van der Waals surface area contributed by atoms with Crippen LogP contribution in [0.25, 0.3) is 10.6 Å². The number of aromatic nitrogens is 1. The number of thiazole rings is 1. The molecule has 1 amide bonds. The largest absolute Gasteiger partial charge is 0.494 e. The number of nitrogens with zero attached hydrogens (tertiary/aromatic N) is 2. The van der Waals surface area contributed by atoms with Crippen molar-refractivity contribution in [1.82, 2.24) is 15.2 Å². The topological polar surface area (TPSA) is 54.5 Å². The van der Waals surface area contributed by atoms with E-state index in [1.54, 1.807) is 0 Å². The van der Waals surface area contributed by atoms with Crippen LogP contribution in [0.5, 0.6) is 5.75 Å². The lowest BCUT2D eigenvalue weighted by Gasteiger charge is -2.19. The molecule has 26 heavy (non-hydrogen) atoms. The summed E-state index contributed by atoms with van der Waals surface area (Å²) >= 11 is 1.48. The van der Waals surface area contributed by atoms with E-state index >= 15 is 0 Å². The first-order valence-electron chi connectivity index (χ1n) is 8.39. The number of hydrogen-bond acceptors (Lipinski definition) is 5. The van der Waals surface area contributed by atoms with Crippen molar-refractivity contribution in [1.29, 1.82) is 0 Å². The normalized spacial score (nSPS) is 14.0. The minimum Gasteiger partial charge on any atom is -0.494 e. The lowest BCUT2D eigenvalue weighted by atomic mass is 10.2. The lowest BCUT2D eigenvalue weighted by molar-refractivity contribution is 0.0770. The molecule has 1 aliphatic heterocycles. The van der Waals surface area contributed by atoms with Gasteiger partial charge in [0.25, 0.3) is 5.91 Å². The van der Waals surface area contributed by atoms with E-state index in [0.717, 1.165) is 59.5 Å². The van der Waals surface area contributed by atoms with E-state index in [4.69, 9.17) is 4.74 Å². The molecule has 1 aliphatic rings. The number of rotatable bonds is 4. The summed E-state index contributed by atoms with van der Waals surface area (Å²) in [5.74, 6) is 0.953. The second-order valence-electron chi connectivity index (χ2n) is 5.79. The van der Waals surface area contributed by atoms with E-state index < -0.39 is 0 Å². The number of carbonyl (C=O) groups excluding carboxylic acids is 1. The molecule has 1 N–H and O–H groups in total. The maximum Gasteiger partial charge on any atom is 0.265 e. The highest BCUT2D eigenvalue weighted by Gasteiger charge is 2.22. The fourth-order valence-corrected chi connectivity index (χ4v) is 3.81. The molecule has 1 aromatic carbocycles. The molecule has 8 heteroatoms. The van der Waals surface area contributed by atoms with Gasteiger partial charge in [-0.15, -0.1) is 36.2 Å². The van der Waals surface area contributed by atoms with Gasteiger partial charge in [-0.3, -0.25) is 4.79 Å². The van der Waals surface area contributed by atoms with Gasteiger partial charge in [-0.2, -0.15) is 0 Å². The highest BCUT2D eigenvalue weighted by molar-refractivity contribution is 7.17. The van der Waals surface area contributed by atoms with Crippen molar-refractivity contribution in [2.24, 2.45) is 0 Å². The zero-order valence-corrected chi connectivity index (χ0v) is 17.4.